The Hall–Kier alpha value is -0.100. The van der Waals surface area contributed by atoms with Gasteiger partial charge < -0.3 is 9.47 Å². The monoisotopic (exact) mass is 344 g/mol. The Bertz CT molecular complexity index is 198. The van der Waals surface area contributed by atoms with Gasteiger partial charge in [0, 0.05) is 0 Å². The number of carbonyl (C=O) groups is 2. The van der Waals surface area contributed by atoms with Gasteiger partial charge in [-0.2, -0.15) is 0 Å². The molecule has 0 fully saturated rings. The average molecular weight is 346 g/mol. The minimum atomic E-state index is -0.494. The van der Waals surface area contributed by atoms with Gasteiger partial charge in [-0.05, 0) is 20.3 Å². The number of hydrogen-bond donors (Lipinski definition) is 0. The minimum Gasteiger partial charge on any atom is -0.465 e. The van der Waals surface area contributed by atoms with E-state index in [-0.39, 0.29) is 11.9 Å². The molecule has 0 aliphatic carbocycles. The Morgan fingerprint density at radius 1 is 1.00 bits per heavy atom. The molecular formula is C9H14Br2O4. The smallest absolute Gasteiger partial charge is 0.319 e. The van der Waals surface area contributed by atoms with E-state index in [1.165, 1.54) is 0 Å². The van der Waals surface area contributed by atoms with Crippen LogP contribution in [0.25, 0.3) is 0 Å². The fourth-order valence-electron chi connectivity index (χ4n) is 0.839. The lowest BCUT2D eigenvalue weighted by Gasteiger charge is -2.12. The van der Waals surface area contributed by atoms with Crippen LogP contribution >= 0.6 is 31.9 Å². The van der Waals surface area contributed by atoms with Crippen LogP contribution in [-0.4, -0.2) is 34.8 Å². The summed E-state index contributed by atoms with van der Waals surface area (Å²) in [6, 6.07) is 0. The van der Waals surface area contributed by atoms with Gasteiger partial charge in [-0.1, -0.05) is 31.9 Å². The quantitative estimate of drug-likeness (QED) is 0.546. The van der Waals surface area contributed by atoms with Gasteiger partial charge in [0.2, 0.25) is 0 Å². The third-order valence-electron chi connectivity index (χ3n) is 1.50. The van der Waals surface area contributed by atoms with E-state index in [9.17, 15) is 9.59 Å². The second kappa shape index (κ2) is 8.10. The van der Waals surface area contributed by atoms with Crippen molar-refractivity contribution in [3.63, 3.8) is 0 Å². The lowest BCUT2D eigenvalue weighted by molar-refractivity contribution is -0.143. The molecule has 0 unspecified atom stereocenters. The number of alkyl halides is 2. The molecule has 0 saturated heterocycles. The van der Waals surface area contributed by atoms with Crippen LogP contribution in [-0.2, 0) is 19.1 Å². The number of hydrogen-bond acceptors (Lipinski definition) is 4. The summed E-state index contributed by atoms with van der Waals surface area (Å²) >= 11 is 6.30. The van der Waals surface area contributed by atoms with E-state index in [1.807, 2.05) is 0 Å². The van der Waals surface area contributed by atoms with Crippen molar-refractivity contribution >= 4 is 43.8 Å². The van der Waals surface area contributed by atoms with Crippen LogP contribution < -0.4 is 0 Å². The molecule has 2 atom stereocenters. The standard InChI is InChI=1S/C9H14Br2O4/c1-3-14-8(12)6(10)5-7(11)9(13)15-4-2/h6-7H,3-5H2,1-2H3/t6-,7+. The highest BCUT2D eigenvalue weighted by molar-refractivity contribution is 9.10. The van der Waals surface area contributed by atoms with Gasteiger partial charge in [0.15, 0.2) is 0 Å². The van der Waals surface area contributed by atoms with Crippen molar-refractivity contribution in [3.05, 3.63) is 0 Å². The average Bonchev–Trinajstić information content (AvgIpc) is 2.18. The molecule has 0 aliphatic rings. The fourth-order valence-corrected chi connectivity index (χ4v) is 2.35. The molecule has 88 valence electrons. The third kappa shape index (κ3) is 6.14. The van der Waals surface area contributed by atoms with Crippen molar-refractivity contribution in [2.45, 2.75) is 29.9 Å². The molecule has 0 aromatic carbocycles. The molecule has 0 rings (SSSR count). The summed E-state index contributed by atoms with van der Waals surface area (Å²) < 4.78 is 9.57. The third-order valence-corrected chi connectivity index (χ3v) is 2.99. The second-order valence-corrected chi connectivity index (χ2v) is 4.89. The Morgan fingerprint density at radius 3 is 1.60 bits per heavy atom. The lowest BCUT2D eigenvalue weighted by Crippen LogP contribution is -2.26. The lowest BCUT2D eigenvalue weighted by atomic mass is 10.2. The van der Waals surface area contributed by atoms with Crippen molar-refractivity contribution in [3.8, 4) is 0 Å². The Morgan fingerprint density at radius 2 is 1.33 bits per heavy atom. The molecule has 0 aliphatic heterocycles. The topological polar surface area (TPSA) is 52.6 Å². The molecule has 0 bridgehead atoms. The van der Waals surface area contributed by atoms with E-state index in [0.717, 1.165) is 0 Å². The molecule has 0 spiro atoms. The zero-order valence-corrected chi connectivity index (χ0v) is 11.8. The summed E-state index contributed by atoms with van der Waals surface area (Å²) in [5.74, 6) is -0.738. The maximum absolute atomic E-state index is 11.2. The van der Waals surface area contributed by atoms with Crippen molar-refractivity contribution in [2.75, 3.05) is 13.2 Å². The first-order valence-electron chi connectivity index (χ1n) is 4.64. The number of halogens is 2. The number of rotatable bonds is 6. The highest BCUT2D eigenvalue weighted by Gasteiger charge is 2.25. The van der Waals surface area contributed by atoms with Gasteiger partial charge >= 0.3 is 11.9 Å². The molecular weight excluding hydrogens is 332 g/mol. The summed E-state index contributed by atoms with van der Waals surface area (Å²) in [5, 5.41) is 0. The number of esters is 2. The van der Waals surface area contributed by atoms with Crippen LogP contribution in [0, 0.1) is 0 Å². The summed E-state index contributed by atoms with van der Waals surface area (Å²) in [7, 11) is 0. The van der Waals surface area contributed by atoms with Crippen LogP contribution in [0.4, 0.5) is 0 Å². The van der Waals surface area contributed by atoms with Crippen molar-refractivity contribution < 1.29 is 19.1 Å². The number of ether oxygens (including phenoxy) is 2. The van der Waals surface area contributed by atoms with Crippen LogP contribution in [0.5, 0.6) is 0 Å². The first-order chi connectivity index (χ1) is 7.02. The van der Waals surface area contributed by atoms with E-state index in [1.54, 1.807) is 13.8 Å². The molecule has 0 aromatic rings. The molecule has 0 amide bonds. The SMILES string of the molecule is CCOC(=O)[C@H](Br)C[C@H](Br)C(=O)OCC. The molecule has 6 heteroatoms. The van der Waals surface area contributed by atoms with Gasteiger partial charge in [-0.15, -0.1) is 0 Å². The predicted octanol–water partition coefficient (Wildman–Crippen LogP) is 2.03. The van der Waals surface area contributed by atoms with Gasteiger partial charge in [0.1, 0.15) is 9.65 Å². The van der Waals surface area contributed by atoms with Gasteiger partial charge in [-0.25, -0.2) is 0 Å². The molecule has 15 heavy (non-hydrogen) atoms. The minimum absolute atomic E-state index is 0.303. The van der Waals surface area contributed by atoms with E-state index in [4.69, 9.17) is 9.47 Å². The van der Waals surface area contributed by atoms with E-state index >= 15 is 0 Å². The summed E-state index contributed by atoms with van der Waals surface area (Å²) in [6.45, 7) is 4.11. The van der Waals surface area contributed by atoms with E-state index < -0.39 is 9.65 Å². The highest BCUT2D eigenvalue weighted by Crippen LogP contribution is 2.17. The normalized spacial score (nSPS) is 14.1. The Balaban J connectivity index is 3.99. The van der Waals surface area contributed by atoms with Crippen molar-refractivity contribution in [1.82, 2.24) is 0 Å². The maximum Gasteiger partial charge on any atom is 0.319 e. The predicted molar refractivity (Wildman–Crippen MR) is 63.3 cm³/mol. The number of carbonyl (C=O) groups excluding carboxylic acids is 2. The molecule has 0 N–H and O–H groups in total. The maximum atomic E-state index is 11.2. The molecule has 0 saturated carbocycles. The van der Waals surface area contributed by atoms with E-state index in [2.05, 4.69) is 31.9 Å². The molecule has 4 nitrogen and oxygen atoms in total. The molecule has 0 aromatic heterocycles. The van der Waals surface area contributed by atoms with Crippen LogP contribution in [0.1, 0.15) is 20.3 Å². The summed E-state index contributed by atoms with van der Waals surface area (Å²) in [6.07, 6.45) is 0.303. The Kier molecular flexibility index (Phi) is 8.04. The van der Waals surface area contributed by atoms with Crippen LogP contribution in [0.2, 0.25) is 0 Å². The molecule has 0 radical (unpaired) electrons. The van der Waals surface area contributed by atoms with Gasteiger partial charge in [0.05, 0.1) is 13.2 Å². The Labute approximate surface area is 106 Å². The largest absolute Gasteiger partial charge is 0.465 e. The van der Waals surface area contributed by atoms with E-state index in [0.29, 0.717) is 19.6 Å². The fraction of sp³-hybridized carbons (Fsp3) is 0.778. The zero-order valence-electron chi connectivity index (χ0n) is 8.66. The van der Waals surface area contributed by atoms with Crippen LogP contribution in [0.3, 0.4) is 0 Å². The highest BCUT2D eigenvalue weighted by atomic mass is 79.9. The van der Waals surface area contributed by atoms with Crippen LogP contribution in [0.15, 0.2) is 0 Å². The summed E-state index contributed by atoms with van der Waals surface area (Å²) in [5.41, 5.74) is 0. The second-order valence-electron chi connectivity index (χ2n) is 2.67. The van der Waals surface area contributed by atoms with Crippen molar-refractivity contribution in [1.29, 1.82) is 0 Å². The first kappa shape index (κ1) is 14.9. The van der Waals surface area contributed by atoms with Gasteiger partial charge in [-0.3, -0.25) is 9.59 Å². The van der Waals surface area contributed by atoms with Crippen molar-refractivity contribution in [2.24, 2.45) is 0 Å². The van der Waals surface area contributed by atoms with Gasteiger partial charge in [0.25, 0.3) is 0 Å². The molecule has 0 heterocycles. The zero-order chi connectivity index (χ0) is 11.8. The first-order valence-corrected chi connectivity index (χ1v) is 6.47. The summed E-state index contributed by atoms with van der Waals surface area (Å²) in [4.78, 5) is 21.4.